The van der Waals surface area contributed by atoms with Gasteiger partial charge in [-0.3, -0.25) is 0 Å². The molecule has 1 N–H and O–H groups in total. The molecule has 0 spiro atoms. The highest BCUT2D eigenvalue weighted by molar-refractivity contribution is 5.78. The van der Waals surface area contributed by atoms with E-state index in [1.54, 1.807) is 0 Å². The number of methoxy groups -OCH3 is 1. The number of benzene rings is 1. The van der Waals surface area contributed by atoms with Gasteiger partial charge in [-0.1, -0.05) is 19.9 Å². The molecule has 1 aromatic rings. The maximum absolute atomic E-state index is 12.0. The van der Waals surface area contributed by atoms with E-state index in [2.05, 4.69) is 19.2 Å². The molecule has 0 fully saturated rings. The first-order chi connectivity index (χ1) is 10.1. The van der Waals surface area contributed by atoms with Gasteiger partial charge in [-0.25, -0.2) is 4.79 Å². The van der Waals surface area contributed by atoms with Crippen LogP contribution in [0.5, 0.6) is 11.5 Å². The highest BCUT2D eigenvalue weighted by Crippen LogP contribution is 2.32. The van der Waals surface area contributed by atoms with Crippen molar-refractivity contribution in [2.75, 3.05) is 26.9 Å². The van der Waals surface area contributed by atoms with Gasteiger partial charge in [0.1, 0.15) is 6.04 Å². The molecule has 5 heteroatoms. The molecule has 0 aromatic heterocycles. The van der Waals surface area contributed by atoms with Gasteiger partial charge in [0.25, 0.3) is 0 Å². The number of nitrogens with one attached hydrogen (secondary N) is 1. The molecular formula is C16H23NO4. The monoisotopic (exact) mass is 293 g/mol. The molecule has 1 aliphatic rings. The Balaban J connectivity index is 2.22. The first-order valence-corrected chi connectivity index (χ1v) is 7.32. The zero-order valence-electron chi connectivity index (χ0n) is 12.8. The summed E-state index contributed by atoms with van der Waals surface area (Å²) in [5, 5.41) is 3.24. The lowest BCUT2D eigenvalue weighted by molar-refractivity contribution is -0.143. The van der Waals surface area contributed by atoms with Gasteiger partial charge in [0.15, 0.2) is 11.5 Å². The van der Waals surface area contributed by atoms with E-state index in [4.69, 9.17) is 14.2 Å². The second kappa shape index (κ2) is 7.31. The topological polar surface area (TPSA) is 56.8 Å². The molecule has 0 saturated carbocycles. The molecule has 1 aromatic carbocycles. The van der Waals surface area contributed by atoms with Crippen LogP contribution < -0.4 is 14.8 Å². The fraction of sp³-hybridized carbons (Fsp3) is 0.562. The van der Waals surface area contributed by atoms with Crippen molar-refractivity contribution in [2.24, 2.45) is 5.92 Å². The van der Waals surface area contributed by atoms with Crippen LogP contribution in [0.3, 0.4) is 0 Å². The molecule has 5 nitrogen and oxygen atoms in total. The Hall–Kier alpha value is -1.75. The summed E-state index contributed by atoms with van der Waals surface area (Å²) in [4.78, 5) is 12.0. The largest absolute Gasteiger partial charge is 0.490 e. The molecule has 1 atom stereocenters. The van der Waals surface area contributed by atoms with Crippen molar-refractivity contribution in [3.63, 3.8) is 0 Å². The lowest BCUT2D eigenvalue weighted by Gasteiger charge is -2.19. The van der Waals surface area contributed by atoms with Crippen molar-refractivity contribution in [1.29, 1.82) is 0 Å². The maximum Gasteiger partial charge on any atom is 0.327 e. The molecular weight excluding hydrogens is 270 g/mol. The number of hydrogen-bond donors (Lipinski definition) is 1. The third-order valence-electron chi connectivity index (χ3n) is 3.27. The summed E-state index contributed by atoms with van der Waals surface area (Å²) in [6.45, 7) is 6.19. The smallest absolute Gasteiger partial charge is 0.327 e. The fourth-order valence-electron chi connectivity index (χ4n) is 2.17. The Kier molecular flexibility index (Phi) is 5.44. The van der Waals surface area contributed by atoms with E-state index in [1.165, 1.54) is 7.11 Å². The quantitative estimate of drug-likeness (QED) is 0.844. The zero-order valence-corrected chi connectivity index (χ0v) is 12.8. The van der Waals surface area contributed by atoms with Crippen LogP contribution in [0.15, 0.2) is 18.2 Å². The Morgan fingerprint density at radius 2 is 2.00 bits per heavy atom. The molecule has 0 aliphatic carbocycles. The average Bonchev–Trinajstić information content (AvgIpc) is 2.71. The van der Waals surface area contributed by atoms with Gasteiger partial charge in [0.05, 0.1) is 20.3 Å². The fourth-order valence-corrected chi connectivity index (χ4v) is 2.17. The summed E-state index contributed by atoms with van der Waals surface area (Å²) in [5.41, 5.74) is 0.826. The van der Waals surface area contributed by atoms with Crippen LogP contribution in [0, 0.1) is 5.92 Å². The summed E-state index contributed by atoms with van der Waals surface area (Å²) in [6, 6.07) is 5.09. The second-order valence-electron chi connectivity index (χ2n) is 5.51. The van der Waals surface area contributed by atoms with E-state index in [-0.39, 0.29) is 5.97 Å². The molecule has 0 amide bonds. The average molecular weight is 293 g/mol. The number of ether oxygens (including phenoxy) is 3. The summed E-state index contributed by atoms with van der Waals surface area (Å²) < 4.78 is 16.2. The summed E-state index contributed by atoms with van der Waals surface area (Å²) >= 11 is 0. The lowest BCUT2D eigenvalue weighted by atomic mass is 10.1. The lowest BCUT2D eigenvalue weighted by Crippen LogP contribution is -2.32. The summed E-state index contributed by atoms with van der Waals surface area (Å²) in [6.07, 6.45) is 0.857. The van der Waals surface area contributed by atoms with Gasteiger partial charge in [-0.15, -0.1) is 0 Å². The number of hydrogen-bond acceptors (Lipinski definition) is 5. The van der Waals surface area contributed by atoms with Gasteiger partial charge >= 0.3 is 5.97 Å². The third-order valence-corrected chi connectivity index (χ3v) is 3.27. The standard InChI is InChI=1S/C16H23NO4/c1-11(2)10-17-15(16(18)19-3)12-5-6-13-14(9-12)21-8-4-7-20-13/h5-6,9,11,15,17H,4,7-8,10H2,1-3H3. The molecule has 0 radical (unpaired) electrons. The molecule has 1 heterocycles. The summed E-state index contributed by atoms with van der Waals surface area (Å²) in [5.74, 6) is 1.55. The first-order valence-electron chi connectivity index (χ1n) is 7.32. The highest BCUT2D eigenvalue weighted by Gasteiger charge is 2.23. The maximum atomic E-state index is 12.0. The number of carbonyl (C=O) groups is 1. The van der Waals surface area contributed by atoms with E-state index in [0.717, 1.165) is 24.3 Å². The van der Waals surface area contributed by atoms with Crippen LogP contribution in [0.1, 0.15) is 31.9 Å². The van der Waals surface area contributed by atoms with Crippen molar-refractivity contribution in [1.82, 2.24) is 5.32 Å². The van der Waals surface area contributed by atoms with Crippen LogP contribution in [-0.2, 0) is 9.53 Å². The van der Waals surface area contributed by atoms with Crippen molar-refractivity contribution in [3.05, 3.63) is 23.8 Å². The Morgan fingerprint density at radius 1 is 1.29 bits per heavy atom. The van der Waals surface area contributed by atoms with E-state index >= 15 is 0 Å². The normalized spacial score (nSPS) is 15.4. The van der Waals surface area contributed by atoms with Gasteiger partial charge in [0, 0.05) is 6.42 Å². The number of fused-ring (bicyclic) bond motifs is 1. The SMILES string of the molecule is COC(=O)C(NCC(C)C)c1ccc2c(c1)OCCCO2. The van der Waals surface area contributed by atoms with Crippen molar-refractivity contribution < 1.29 is 19.0 Å². The molecule has 116 valence electrons. The Morgan fingerprint density at radius 3 is 2.67 bits per heavy atom. The minimum Gasteiger partial charge on any atom is -0.490 e. The number of rotatable bonds is 5. The number of carbonyl (C=O) groups excluding carboxylic acids is 1. The predicted molar refractivity (Wildman–Crippen MR) is 79.6 cm³/mol. The van der Waals surface area contributed by atoms with E-state index in [1.807, 2.05) is 18.2 Å². The van der Waals surface area contributed by atoms with Gasteiger partial charge < -0.3 is 19.5 Å². The molecule has 0 saturated heterocycles. The Labute approximate surface area is 125 Å². The minimum atomic E-state index is -0.491. The van der Waals surface area contributed by atoms with Gasteiger partial charge in [0.2, 0.25) is 0 Å². The zero-order chi connectivity index (χ0) is 15.2. The van der Waals surface area contributed by atoms with E-state index < -0.39 is 6.04 Å². The van der Waals surface area contributed by atoms with E-state index in [9.17, 15) is 4.79 Å². The van der Waals surface area contributed by atoms with Crippen LogP contribution in [0.25, 0.3) is 0 Å². The van der Waals surface area contributed by atoms with Gasteiger partial charge in [-0.2, -0.15) is 0 Å². The first kappa shape index (κ1) is 15.6. The van der Waals surface area contributed by atoms with Crippen LogP contribution in [0.4, 0.5) is 0 Å². The van der Waals surface area contributed by atoms with Gasteiger partial charge in [-0.05, 0) is 30.2 Å². The highest BCUT2D eigenvalue weighted by atomic mass is 16.5. The molecule has 2 rings (SSSR count). The molecule has 0 bridgehead atoms. The van der Waals surface area contributed by atoms with Crippen LogP contribution >= 0.6 is 0 Å². The molecule has 1 aliphatic heterocycles. The third kappa shape index (κ3) is 4.11. The summed E-state index contributed by atoms with van der Waals surface area (Å²) in [7, 11) is 1.40. The molecule has 21 heavy (non-hydrogen) atoms. The molecule has 1 unspecified atom stereocenters. The number of esters is 1. The van der Waals surface area contributed by atoms with Crippen molar-refractivity contribution in [3.8, 4) is 11.5 Å². The predicted octanol–water partition coefficient (Wildman–Crippen LogP) is 2.31. The second-order valence-corrected chi connectivity index (χ2v) is 5.51. The van der Waals surface area contributed by atoms with E-state index in [0.29, 0.717) is 24.9 Å². The van der Waals surface area contributed by atoms with Crippen LogP contribution in [0.2, 0.25) is 0 Å². The van der Waals surface area contributed by atoms with Crippen molar-refractivity contribution >= 4 is 5.97 Å². The van der Waals surface area contributed by atoms with Crippen molar-refractivity contribution in [2.45, 2.75) is 26.3 Å². The Bertz CT molecular complexity index is 487. The van der Waals surface area contributed by atoms with Crippen LogP contribution in [-0.4, -0.2) is 32.8 Å². The minimum absolute atomic E-state index is 0.301.